The fourth-order valence-electron chi connectivity index (χ4n) is 1.46. The Morgan fingerprint density at radius 3 is 2.62 bits per heavy atom. The van der Waals surface area contributed by atoms with Gasteiger partial charge in [-0.3, -0.25) is 4.98 Å². The van der Waals surface area contributed by atoms with E-state index in [4.69, 9.17) is 0 Å². The summed E-state index contributed by atoms with van der Waals surface area (Å²) >= 11 is 0. The van der Waals surface area contributed by atoms with Crippen LogP contribution in [0.3, 0.4) is 0 Å². The summed E-state index contributed by atoms with van der Waals surface area (Å²) in [5.74, 6) is 0. The van der Waals surface area contributed by atoms with E-state index >= 15 is 0 Å². The minimum absolute atomic E-state index is 0.637. The third-order valence-electron chi connectivity index (χ3n) is 2.36. The molecule has 2 rings (SSSR count). The van der Waals surface area contributed by atoms with Crippen molar-refractivity contribution < 1.29 is 5.11 Å². The molecule has 0 unspecified atom stereocenters. The Hall–Kier alpha value is -1.68. The molecule has 0 aliphatic rings. The van der Waals surface area contributed by atoms with Crippen molar-refractivity contribution in [2.24, 2.45) is 0 Å². The molecular formula is C12H15N3O. The van der Waals surface area contributed by atoms with Gasteiger partial charge in [0.05, 0.1) is 17.1 Å². The first-order chi connectivity index (χ1) is 7.47. The third-order valence-corrected chi connectivity index (χ3v) is 2.36. The first kappa shape index (κ1) is 10.8. The van der Waals surface area contributed by atoms with Gasteiger partial charge in [0.2, 0.25) is 0 Å². The molecule has 16 heavy (non-hydrogen) atoms. The van der Waals surface area contributed by atoms with Crippen LogP contribution in [0.2, 0.25) is 0 Å². The van der Waals surface area contributed by atoms with E-state index in [2.05, 4.69) is 10.1 Å². The summed E-state index contributed by atoms with van der Waals surface area (Å²) in [6.45, 7) is 5.37. The SMILES string of the molecule is Cc1ccn(-c2ccnc(C(C)(C)O)c2)n1. The summed E-state index contributed by atoms with van der Waals surface area (Å²) in [6.07, 6.45) is 3.57. The summed E-state index contributed by atoms with van der Waals surface area (Å²) in [5.41, 5.74) is 1.57. The first-order valence-corrected chi connectivity index (χ1v) is 5.18. The third kappa shape index (κ3) is 2.12. The van der Waals surface area contributed by atoms with Crippen LogP contribution in [0, 0.1) is 6.92 Å². The second-order valence-corrected chi connectivity index (χ2v) is 4.36. The van der Waals surface area contributed by atoms with Crippen LogP contribution >= 0.6 is 0 Å². The standard InChI is InChI=1S/C12H15N3O/c1-9-5-7-15(14-9)10-4-6-13-11(8-10)12(2,3)16/h4-8,16H,1-3H3. The van der Waals surface area contributed by atoms with Gasteiger partial charge in [0.1, 0.15) is 5.60 Å². The molecule has 0 saturated heterocycles. The van der Waals surface area contributed by atoms with Gasteiger partial charge in [0.25, 0.3) is 0 Å². The van der Waals surface area contributed by atoms with Gasteiger partial charge in [-0.05, 0) is 39.0 Å². The number of nitrogens with zero attached hydrogens (tertiary/aromatic N) is 3. The van der Waals surface area contributed by atoms with Crippen molar-refractivity contribution in [2.45, 2.75) is 26.4 Å². The van der Waals surface area contributed by atoms with Gasteiger partial charge in [-0.2, -0.15) is 5.10 Å². The maximum Gasteiger partial charge on any atom is 0.101 e. The van der Waals surface area contributed by atoms with Crippen molar-refractivity contribution in [1.82, 2.24) is 14.8 Å². The second-order valence-electron chi connectivity index (χ2n) is 4.36. The fraction of sp³-hybridized carbons (Fsp3) is 0.333. The van der Waals surface area contributed by atoms with Crippen LogP contribution in [0.15, 0.2) is 30.6 Å². The van der Waals surface area contributed by atoms with E-state index < -0.39 is 5.60 Å². The number of aryl methyl sites for hydroxylation is 1. The average molecular weight is 217 g/mol. The number of rotatable bonds is 2. The molecule has 0 aliphatic heterocycles. The highest BCUT2D eigenvalue weighted by atomic mass is 16.3. The minimum atomic E-state index is -0.932. The molecule has 0 radical (unpaired) electrons. The molecule has 4 nitrogen and oxygen atoms in total. The molecular weight excluding hydrogens is 202 g/mol. The number of aliphatic hydroxyl groups is 1. The van der Waals surface area contributed by atoms with Gasteiger partial charge in [-0.1, -0.05) is 0 Å². The highest BCUT2D eigenvalue weighted by molar-refractivity contribution is 5.33. The Bertz CT molecular complexity index is 497. The molecule has 1 N–H and O–H groups in total. The second kappa shape index (κ2) is 3.72. The summed E-state index contributed by atoms with van der Waals surface area (Å²) in [4.78, 5) is 4.15. The maximum absolute atomic E-state index is 9.87. The molecule has 0 fully saturated rings. The summed E-state index contributed by atoms with van der Waals surface area (Å²) < 4.78 is 1.77. The molecule has 0 saturated carbocycles. The van der Waals surface area contributed by atoms with E-state index in [1.165, 1.54) is 0 Å². The zero-order valence-corrected chi connectivity index (χ0v) is 9.68. The van der Waals surface area contributed by atoms with Crippen molar-refractivity contribution in [1.29, 1.82) is 0 Å². The van der Waals surface area contributed by atoms with Crippen molar-refractivity contribution in [3.63, 3.8) is 0 Å². The molecule has 2 heterocycles. The zero-order valence-electron chi connectivity index (χ0n) is 9.68. The largest absolute Gasteiger partial charge is 0.384 e. The Labute approximate surface area is 94.6 Å². The van der Waals surface area contributed by atoms with Gasteiger partial charge in [-0.15, -0.1) is 0 Å². The molecule has 0 aliphatic carbocycles. The molecule has 2 aromatic rings. The molecule has 0 atom stereocenters. The fourth-order valence-corrected chi connectivity index (χ4v) is 1.46. The van der Waals surface area contributed by atoms with Crippen LogP contribution < -0.4 is 0 Å². The van der Waals surface area contributed by atoms with Crippen LogP contribution in [-0.4, -0.2) is 19.9 Å². The smallest absolute Gasteiger partial charge is 0.101 e. The molecule has 4 heteroatoms. The van der Waals surface area contributed by atoms with Crippen molar-refractivity contribution >= 4 is 0 Å². The van der Waals surface area contributed by atoms with Gasteiger partial charge >= 0.3 is 0 Å². The Morgan fingerprint density at radius 1 is 1.31 bits per heavy atom. The molecule has 0 aromatic carbocycles. The molecule has 0 bridgehead atoms. The lowest BCUT2D eigenvalue weighted by molar-refractivity contribution is 0.0738. The Kier molecular flexibility index (Phi) is 2.52. The highest BCUT2D eigenvalue weighted by Crippen LogP contribution is 2.19. The van der Waals surface area contributed by atoms with Gasteiger partial charge in [0.15, 0.2) is 0 Å². The van der Waals surface area contributed by atoms with Gasteiger partial charge in [-0.25, -0.2) is 4.68 Å². The summed E-state index contributed by atoms with van der Waals surface area (Å²) in [7, 11) is 0. The van der Waals surface area contributed by atoms with Crippen LogP contribution in [-0.2, 0) is 5.60 Å². The lowest BCUT2D eigenvalue weighted by atomic mass is 10.0. The highest BCUT2D eigenvalue weighted by Gasteiger charge is 2.18. The van der Waals surface area contributed by atoms with E-state index in [1.807, 2.05) is 31.3 Å². The molecule has 84 valence electrons. The lowest BCUT2D eigenvalue weighted by Crippen LogP contribution is -2.17. The van der Waals surface area contributed by atoms with E-state index in [-0.39, 0.29) is 0 Å². The molecule has 0 amide bonds. The quantitative estimate of drug-likeness (QED) is 0.834. The predicted octanol–water partition coefficient (Wildman–Crippen LogP) is 1.80. The van der Waals surface area contributed by atoms with Gasteiger partial charge in [0, 0.05) is 12.4 Å². The Morgan fingerprint density at radius 2 is 2.06 bits per heavy atom. The van der Waals surface area contributed by atoms with Crippen molar-refractivity contribution in [2.75, 3.05) is 0 Å². The van der Waals surface area contributed by atoms with Crippen LogP contribution in [0.4, 0.5) is 0 Å². The maximum atomic E-state index is 9.87. The number of pyridine rings is 1. The number of hydrogen-bond donors (Lipinski definition) is 1. The van der Waals surface area contributed by atoms with E-state index in [0.717, 1.165) is 11.4 Å². The van der Waals surface area contributed by atoms with E-state index in [1.54, 1.807) is 24.7 Å². The van der Waals surface area contributed by atoms with Crippen LogP contribution in [0.25, 0.3) is 5.69 Å². The van der Waals surface area contributed by atoms with Crippen molar-refractivity contribution in [3.05, 3.63) is 42.0 Å². The molecule has 0 spiro atoms. The average Bonchev–Trinajstić information content (AvgIpc) is 2.64. The Balaban J connectivity index is 2.44. The summed E-state index contributed by atoms with van der Waals surface area (Å²) in [6, 6.07) is 5.64. The van der Waals surface area contributed by atoms with Crippen LogP contribution in [0.1, 0.15) is 25.2 Å². The number of aromatic nitrogens is 3. The number of hydrogen-bond acceptors (Lipinski definition) is 3. The van der Waals surface area contributed by atoms with Crippen molar-refractivity contribution in [3.8, 4) is 5.69 Å². The predicted molar refractivity (Wildman–Crippen MR) is 61.3 cm³/mol. The van der Waals surface area contributed by atoms with Gasteiger partial charge < -0.3 is 5.11 Å². The van der Waals surface area contributed by atoms with E-state index in [0.29, 0.717) is 5.69 Å². The topological polar surface area (TPSA) is 50.9 Å². The first-order valence-electron chi connectivity index (χ1n) is 5.18. The minimum Gasteiger partial charge on any atom is -0.384 e. The monoisotopic (exact) mass is 217 g/mol. The summed E-state index contributed by atoms with van der Waals surface area (Å²) in [5, 5.41) is 14.2. The normalized spacial score (nSPS) is 11.8. The van der Waals surface area contributed by atoms with Crippen LogP contribution in [0.5, 0.6) is 0 Å². The zero-order chi connectivity index (χ0) is 11.8. The molecule has 2 aromatic heterocycles. The lowest BCUT2D eigenvalue weighted by Gasteiger charge is -2.16. The van der Waals surface area contributed by atoms with E-state index in [9.17, 15) is 5.11 Å².